The molecule has 1 amide bonds. The molecule has 1 unspecified atom stereocenters. The Morgan fingerprint density at radius 1 is 1.41 bits per heavy atom. The molecule has 0 fully saturated rings. The maximum atomic E-state index is 11.8. The van der Waals surface area contributed by atoms with Crippen LogP contribution in [-0.2, 0) is 9.59 Å². The lowest BCUT2D eigenvalue weighted by molar-refractivity contribution is -0.141. The Balaban J connectivity index is 2.43. The smallest absolute Gasteiger partial charge is 0.326 e. The van der Waals surface area contributed by atoms with E-state index in [1.165, 1.54) is 11.8 Å². The normalized spacial score (nSPS) is 11.5. The standard InChI is InChI=1S/C16H21NO4S/c1-3-5-6-14(16(19)20)17-15(18)11-22-13-9-7-12(8-10-13)21-4-2/h3,7-10,14H,1,4-6,11H2,2H3,(H,17,18)(H,19,20). The van der Waals surface area contributed by atoms with Gasteiger partial charge in [0.15, 0.2) is 0 Å². The molecule has 0 saturated carbocycles. The summed E-state index contributed by atoms with van der Waals surface area (Å²) >= 11 is 1.35. The third-order valence-electron chi connectivity index (χ3n) is 2.80. The van der Waals surface area contributed by atoms with Crippen molar-refractivity contribution in [1.29, 1.82) is 0 Å². The van der Waals surface area contributed by atoms with Crippen molar-refractivity contribution in [2.75, 3.05) is 12.4 Å². The topological polar surface area (TPSA) is 75.6 Å². The zero-order valence-electron chi connectivity index (χ0n) is 12.6. The zero-order chi connectivity index (χ0) is 16.4. The molecule has 1 rings (SSSR count). The van der Waals surface area contributed by atoms with E-state index in [1.807, 2.05) is 31.2 Å². The van der Waals surface area contributed by atoms with Gasteiger partial charge in [0, 0.05) is 4.90 Å². The molecule has 22 heavy (non-hydrogen) atoms. The van der Waals surface area contributed by atoms with Crippen LogP contribution >= 0.6 is 11.8 Å². The SMILES string of the molecule is C=CCCC(NC(=O)CSc1ccc(OCC)cc1)C(=O)O. The molecular formula is C16H21NO4S. The number of allylic oxidation sites excluding steroid dienone is 1. The van der Waals surface area contributed by atoms with Gasteiger partial charge < -0.3 is 15.2 Å². The fraction of sp³-hybridized carbons (Fsp3) is 0.375. The quantitative estimate of drug-likeness (QED) is 0.511. The van der Waals surface area contributed by atoms with Crippen molar-refractivity contribution in [2.45, 2.75) is 30.7 Å². The number of rotatable bonds is 10. The number of amides is 1. The Labute approximate surface area is 134 Å². The highest BCUT2D eigenvalue weighted by atomic mass is 32.2. The second-order valence-corrected chi connectivity index (χ2v) is 5.57. The Morgan fingerprint density at radius 2 is 2.09 bits per heavy atom. The largest absolute Gasteiger partial charge is 0.494 e. The number of hydrogen-bond acceptors (Lipinski definition) is 4. The summed E-state index contributed by atoms with van der Waals surface area (Å²) in [5, 5.41) is 11.6. The van der Waals surface area contributed by atoms with Gasteiger partial charge in [-0.05, 0) is 44.0 Å². The number of carbonyl (C=O) groups excluding carboxylic acids is 1. The van der Waals surface area contributed by atoms with Gasteiger partial charge in [-0.2, -0.15) is 0 Å². The van der Waals surface area contributed by atoms with Crippen LogP contribution in [0.3, 0.4) is 0 Å². The summed E-state index contributed by atoms with van der Waals surface area (Å²) in [5.41, 5.74) is 0. The minimum absolute atomic E-state index is 0.172. The van der Waals surface area contributed by atoms with Crippen LogP contribution in [0.15, 0.2) is 41.8 Å². The monoisotopic (exact) mass is 323 g/mol. The summed E-state index contributed by atoms with van der Waals surface area (Å²) < 4.78 is 5.34. The summed E-state index contributed by atoms with van der Waals surface area (Å²) in [5.74, 6) is -0.366. The number of thioether (sulfide) groups is 1. The highest BCUT2D eigenvalue weighted by molar-refractivity contribution is 8.00. The Morgan fingerprint density at radius 3 is 2.64 bits per heavy atom. The predicted octanol–water partition coefficient (Wildman–Crippen LogP) is 2.71. The van der Waals surface area contributed by atoms with Gasteiger partial charge in [0.25, 0.3) is 0 Å². The first-order chi connectivity index (χ1) is 10.6. The Bertz CT molecular complexity index is 501. The molecule has 6 heteroatoms. The molecule has 2 N–H and O–H groups in total. The van der Waals surface area contributed by atoms with Gasteiger partial charge in [0.1, 0.15) is 11.8 Å². The molecule has 1 atom stereocenters. The van der Waals surface area contributed by atoms with Crippen molar-refractivity contribution < 1.29 is 19.4 Å². The van der Waals surface area contributed by atoms with Crippen molar-refractivity contribution in [3.05, 3.63) is 36.9 Å². The fourth-order valence-corrected chi connectivity index (χ4v) is 2.44. The van der Waals surface area contributed by atoms with Crippen molar-refractivity contribution in [3.63, 3.8) is 0 Å². The van der Waals surface area contributed by atoms with Crippen molar-refractivity contribution >= 4 is 23.6 Å². The van der Waals surface area contributed by atoms with E-state index in [0.29, 0.717) is 19.4 Å². The molecule has 0 bridgehead atoms. The first kappa shape index (κ1) is 18.1. The zero-order valence-corrected chi connectivity index (χ0v) is 13.4. The number of carbonyl (C=O) groups is 2. The van der Waals surface area contributed by atoms with Gasteiger partial charge in [0.05, 0.1) is 12.4 Å². The summed E-state index contributed by atoms with van der Waals surface area (Å²) in [6.45, 7) is 6.07. The molecule has 1 aromatic rings. The lowest BCUT2D eigenvalue weighted by atomic mass is 10.1. The van der Waals surface area contributed by atoms with E-state index in [2.05, 4.69) is 11.9 Å². The van der Waals surface area contributed by atoms with Gasteiger partial charge in [-0.15, -0.1) is 18.3 Å². The van der Waals surface area contributed by atoms with Crippen LogP contribution in [0.5, 0.6) is 5.75 Å². The average Bonchev–Trinajstić information content (AvgIpc) is 2.50. The van der Waals surface area contributed by atoms with Gasteiger partial charge in [-0.3, -0.25) is 4.79 Å². The maximum absolute atomic E-state index is 11.8. The van der Waals surface area contributed by atoms with Crippen molar-refractivity contribution in [2.24, 2.45) is 0 Å². The van der Waals surface area contributed by atoms with E-state index in [9.17, 15) is 9.59 Å². The predicted molar refractivity (Wildman–Crippen MR) is 87.3 cm³/mol. The summed E-state index contributed by atoms with van der Waals surface area (Å²) in [4.78, 5) is 23.8. The highest BCUT2D eigenvalue weighted by Gasteiger charge is 2.18. The minimum atomic E-state index is -1.03. The van der Waals surface area contributed by atoms with Crippen LogP contribution in [0.25, 0.3) is 0 Å². The number of carboxylic acid groups (broad SMARTS) is 1. The number of ether oxygens (including phenoxy) is 1. The first-order valence-electron chi connectivity index (χ1n) is 7.05. The molecule has 0 saturated heterocycles. The average molecular weight is 323 g/mol. The molecule has 0 spiro atoms. The molecule has 0 aromatic heterocycles. The molecule has 120 valence electrons. The molecule has 0 aliphatic rings. The van der Waals surface area contributed by atoms with Crippen LogP contribution in [0.2, 0.25) is 0 Å². The van der Waals surface area contributed by atoms with Gasteiger partial charge in [0.2, 0.25) is 5.91 Å². The lowest BCUT2D eigenvalue weighted by Crippen LogP contribution is -2.41. The lowest BCUT2D eigenvalue weighted by Gasteiger charge is -2.13. The van der Waals surface area contributed by atoms with E-state index < -0.39 is 12.0 Å². The maximum Gasteiger partial charge on any atom is 0.326 e. The Kier molecular flexibility index (Phi) is 8.14. The van der Waals surface area contributed by atoms with Gasteiger partial charge in [-0.25, -0.2) is 4.79 Å². The number of carboxylic acids is 1. The van der Waals surface area contributed by atoms with Crippen LogP contribution in [0.1, 0.15) is 19.8 Å². The third kappa shape index (κ3) is 6.67. The molecule has 1 aromatic carbocycles. The van der Waals surface area contributed by atoms with E-state index >= 15 is 0 Å². The van der Waals surface area contributed by atoms with Crippen LogP contribution in [0.4, 0.5) is 0 Å². The summed E-state index contributed by atoms with van der Waals surface area (Å²) in [6.07, 6.45) is 2.53. The highest BCUT2D eigenvalue weighted by Crippen LogP contribution is 2.21. The Hall–Kier alpha value is -1.95. The number of nitrogens with one attached hydrogen (secondary N) is 1. The third-order valence-corrected chi connectivity index (χ3v) is 3.81. The van der Waals surface area contributed by atoms with Gasteiger partial charge in [-0.1, -0.05) is 6.08 Å². The van der Waals surface area contributed by atoms with Crippen LogP contribution < -0.4 is 10.1 Å². The molecule has 0 heterocycles. The van der Waals surface area contributed by atoms with Crippen molar-refractivity contribution in [3.8, 4) is 5.75 Å². The van der Waals surface area contributed by atoms with E-state index in [0.717, 1.165) is 10.6 Å². The fourth-order valence-electron chi connectivity index (χ4n) is 1.73. The van der Waals surface area contributed by atoms with E-state index in [-0.39, 0.29) is 11.7 Å². The summed E-state index contributed by atoms with van der Waals surface area (Å²) in [6, 6.07) is 6.55. The molecule has 0 aliphatic carbocycles. The molecule has 5 nitrogen and oxygen atoms in total. The second kappa shape index (κ2) is 9.89. The molecule has 0 aliphatic heterocycles. The van der Waals surface area contributed by atoms with E-state index in [1.54, 1.807) is 6.08 Å². The second-order valence-electron chi connectivity index (χ2n) is 4.52. The summed E-state index contributed by atoms with van der Waals surface area (Å²) in [7, 11) is 0. The van der Waals surface area contributed by atoms with Crippen molar-refractivity contribution in [1.82, 2.24) is 5.32 Å². The number of benzene rings is 1. The van der Waals surface area contributed by atoms with Gasteiger partial charge >= 0.3 is 5.97 Å². The number of hydrogen-bond donors (Lipinski definition) is 2. The van der Waals surface area contributed by atoms with E-state index in [4.69, 9.17) is 9.84 Å². The first-order valence-corrected chi connectivity index (χ1v) is 8.04. The minimum Gasteiger partial charge on any atom is -0.494 e. The molecular weight excluding hydrogens is 302 g/mol. The number of aliphatic carboxylic acids is 1. The molecule has 0 radical (unpaired) electrons. The van der Waals surface area contributed by atoms with Crippen LogP contribution in [0, 0.1) is 0 Å². The van der Waals surface area contributed by atoms with Crippen LogP contribution in [-0.4, -0.2) is 35.4 Å².